The summed E-state index contributed by atoms with van der Waals surface area (Å²) in [6.45, 7) is 9.64. The van der Waals surface area contributed by atoms with E-state index in [0.717, 1.165) is 31.8 Å². The molecule has 1 unspecified atom stereocenters. The summed E-state index contributed by atoms with van der Waals surface area (Å²) >= 11 is 0. The SMILES string of the molecule is COCCN(Cc1ccc(C(C)C(=O)O)cc1)CC(C)C. The molecule has 0 radical (unpaired) electrons. The van der Waals surface area contributed by atoms with Gasteiger partial charge in [0.1, 0.15) is 0 Å². The molecule has 0 saturated carbocycles. The minimum absolute atomic E-state index is 0.459. The number of aliphatic carboxylic acids is 1. The van der Waals surface area contributed by atoms with Crippen LogP contribution in [0.4, 0.5) is 0 Å². The summed E-state index contributed by atoms with van der Waals surface area (Å²) in [5, 5.41) is 9.02. The largest absolute Gasteiger partial charge is 0.481 e. The maximum absolute atomic E-state index is 11.0. The van der Waals surface area contributed by atoms with E-state index in [1.165, 1.54) is 5.56 Å². The molecular weight excluding hydrogens is 266 g/mol. The van der Waals surface area contributed by atoms with Crippen LogP contribution in [-0.2, 0) is 16.1 Å². The van der Waals surface area contributed by atoms with E-state index in [-0.39, 0.29) is 0 Å². The van der Waals surface area contributed by atoms with Crippen LogP contribution in [-0.4, -0.2) is 42.8 Å². The number of carboxylic acids is 1. The molecule has 0 saturated heterocycles. The molecule has 1 aromatic rings. The number of nitrogens with zero attached hydrogens (tertiary/aromatic N) is 1. The molecule has 0 bridgehead atoms. The van der Waals surface area contributed by atoms with Crippen molar-refractivity contribution in [1.29, 1.82) is 0 Å². The summed E-state index contributed by atoms with van der Waals surface area (Å²) in [6, 6.07) is 7.87. The molecule has 1 rings (SSSR count). The predicted molar refractivity (Wildman–Crippen MR) is 84.5 cm³/mol. The molecular formula is C17H27NO3. The number of hydrogen-bond donors (Lipinski definition) is 1. The van der Waals surface area contributed by atoms with Crippen LogP contribution in [0.5, 0.6) is 0 Å². The first-order valence-electron chi connectivity index (χ1n) is 7.47. The van der Waals surface area contributed by atoms with Crippen molar-refractivity contribution in [2.75, 3.05) is 26.8 Å². The van der Waals surface area contributed by atoms with Gasteiger partial charge in [-0.15, -0.1) is 0 Å². The predicted octanol–water partition coefficient (Wildman–Crippen LogP) is 2.98. The molecule has 0 aliphatic heterocycles. The minimum atomic E-state index is -0.788. The first-order valence-corrected chi connectivity index (χ1v) is 7.47. The Hall–Kier alpha value is -1.39. The topological polar surface area (TPSA) is 49.8 Å². The third-order valence-corrected chi connectivity index (χ3v) is 3.49. The van der Waals surface area contributed by atoms with Crippen molar-refractivity contribution in [1.82, 2.24) is 4.90 Å². The Morgan fingerprint density at radius 2 is 1.86 bits per heavy atom. The van der Waals surface area contributed by atoms with Gasteiger partial charge in [0, 0.05) is 26.7 Å². The average molecular weight is 293 g/mol. The van der Waals surface area contributed by atoms with Crippen LogP contribution in [0.1, 0.15) is 37.8 Å². The number of benzene rings is 1. The summed E-state index contributed by atoms with van der Waals surface area (Å²) in [7, 11) is 1.72. The van der Waals surface area contributed by atoms with Crippen LogP contribution in [0.15, 0.2) is 24.3 Å². The van der Waals surface area contributed by atoms with E-state index < -0.39 is 11.9 Å². The number of methoxy groups -OCH3 is 1. The van der Waals surface area contributed by atoms with Gasteiger partial charge in [0.25, 0.3) is 0 Å². The molecule has 118 valence electrons. The molecule has 0 aliphatic carbocycles. The van der Waals surface area contributed by atoms with E-state index >= 15 is 0 Å². The zero-order chi connectivity index (χ0) is 15.8. The standard InChI is InChI=1S/C17H27NO3/c1-13(2)11-18(9-10-21-4)12-15-5-7-16(8-6-15)14(3)17(19)20/h5-8,13-14H,9-12H2,1-4H3,(H,19,20). The van der Waals surface area contributed by atoms with Crippen LogP contribution in [0, 0.1) is 5.92 Å². The van der Waals surface area contributed by atoms with Gasteiger partial charge in [-0.05, 0) is 24.0 Å². The Bertz CT molecular complexity index is 428. The Labute approximate surface area is 127 Å². The van der Waals surface area contributed by atoms with Crippen LogP contribution >= 0.6 is 0 Å². The Morgan fingerprint density at radius 1 is 1.24 bits per heavy atom. The van der Waals surface area contributed by atoms with Crippen LogP contribution < -0.4 is 0 Å². The number of hydrogen-bond acceptors (Lipinski definition) is 3. The monoisotopic (exact) mass is 293 g/mol. The zero-order valence-corrected chi connectivity index (χ0v) is 13.5. The molecule has 0 amide bonds. The molecule has 0 spiro atoms. The van der Waals surface area contributed by atoms with Crippen molar-refractivity contribution in [2.24, 2.45) is 5.92 Å². The van der Waals surface area contributed by atoms with Gasteiger partial charge >= 0.3 is 5.97 Å². The summed E-state index contributed by atoms with van der Waals surface area (Å²) < 4.78 is 5.16. The van der Waals surface area contributed by atoms with E-state index in [1.54, 1.807) is 14.0 Å². The van der Waals surface area contributed by atoms with Gasteiger partial charge in [-0.25, -0.2) is 0 Å². The number of carboxylic acid groups (broad SMARTS) is 1. The van der Waals surface area contributed by atoms with Gasteiger partial charge in [-0.2, -0.15) is 0 Å². The first kappa shape index (κ1) is 17.7. The van der Waals surface area contributed by atoms with Gasteiger partial charge in [0.15, 0.2) is 0 Å². The summed E-state index contributed by atoms with van der Waals surface area (Å²) in [6.07, 6.45) is 0. The molecule has 21 heavy (non-hydrogen) atoms. The van der Waals surface area contributed by atoms with Crippen molar-refractivity contribution < 1.29 is 14.6 Å². The second-order valence-corrected chi connectivity index (χ2v) is 5.92. The fourth-order valence-electron chi connectivity index (χ4n) is 2.28. The summed E-state index contributed by atoms with van der Waals surface area (Å²) in [5.74, 6) is -0.642. The van der Waals surface area contributed by atoms with E-state index in [0.29, 0.717) is 5.92 Å². The van der Waals surface area contributed by atoms with Gasteiger partial charge < -0.3 is 9.84 Å². The molecule has 1 aromatic carbocycles. The van der Waals surface area contributed by atoms with Crippen LogP contribution in [0.2, 0.25) is 0 Å². The molecule has 0 heterocycles. The Balaban J connectivity index is 2.68. The number of rotatable bonds is 9. The van der Waals surface area contributed by atoms with Gasteiger partial charge in [0.05, 0.1) is 12.5 Å². The lowest BCUT2D eigenvalue weighted by atomic mass is 10.00. The summed E-state index contributed by atoms with van der Waals surface area (Å²) in [5.41, 5.74) is 2.05. The fraction of sp³-hybridized carbons (Fsp3) is 0.588. The van der Waals surface area contributed by atoms with Gasteiger partial charge in [-0.3, -0.25) is 9.69 Å². The Morgan fingerprint density at radius 3 is 2.33 bits per heavy atom. The third kappa shape index (κ3) is 6.27. The van der Waals surface area contributed by atoms with Crippen molar-refractivity contribution in [3.63, 3.8) is 0 Å². The maximum atomic E-state index is 11.0. The highest BCUT2D eigenvalue weighted by molar-refractivity contribution is 5.75. The number of ether oxygens (including phenoxy) is 1. The second-order valence-electron chi connectivity index (χ2n) is 5.92. The average Bonchev–Trinajstić information content (AvgIpc) is 2.44. The molecule has 1 N–H and O–H groups in total. The fourth-order valence-corrected chi connectivity index (χ4v) is 2.28. The van der Waals surface area contributed by atoms with Gasteiger partial charge in [-0.1, -0.05) is 38.1 Å². The Kier molecular flexibility index (Phi) is 7.40. The summed E-state index contributed by atoms with van der Waals surface area (Å²) in [4.78, 5) is 13.3. The van der Waals surface area contributed by atoms with Gasteiger partial charge in [0.2, 0.25) is 0 Å². The molecule has 4 nitrogen and oxygen atoms in total. The smallest absolute Gasteiger partial charge is 0.310 e. The second kappa shape index (κ2) is 8.80. The van der Waals surface area contributed by atoms with Crippen molar-refractivity contribution in [3.8, 4) is 0 Å². The molecule has 0 aliphatic rings. The van der Waals surface area contributed by atoms with Crippen molar-refractivity contribution >= 4 is 5.97 Å². The van der Waals surface area contributed by atoms with E-state index in [9.17, 15) is 4.79 Å². The van der Waals surface area contributed by atoms with Crippen LogP contribution in [0.25, 0.3) is 0 Å². The molecule has 0 aromatic heterocycles. The maximum Gasteiger partial charge on any atom is 0.310 e. The highest BCUT2D eigenvalue weighted by Crippen LogP contribution is 2.17. The normalized spacial score (nSPS) is 12.9. The first-order chi connectivity index (χ1) is 9.93. The lowest BCUT2D eigenvalue weighted by Gasteiger charge is -2.24. The quantitative estimate of drug-likeness (QED) is 0.760. The number of carbonyl (C=O) groups is 1. The van der Waals surface area contributed by atoms with Crippen molar-refractivity contribution in [3.05, 3.63) is 35.4 Å². The van der Waals surface area contributed by atoms with Crippen LogP contribution in [0.3, 0.4) is 0 Å². The van der Waals surface area contributed by atoms with Crippen molar-refractivity contribution in [2.45, 2.75) is 33.2 Å². The van der Waals surface area contributed by atoms with E-state index in [1.807, 2.05) is 24.3 Å². The third-order valence-electron chi connectivity index (χ3n) is 3.49. The molecule has 1 atom stereocenters. The molecule has 0 fully saturated rings. The highest BCUT2D eigenvalue weighted by Gasteiger charge is 2.13. The van der Waals surface area contributed by atoms with E-state index in [4.69, 9.17) is 9.84 Å². The minimum Gasteiger partial charge on any atom is -0.481 e. The van der Waals surface area contributed by atoms with E-state index in [2.05, 4.69) is 18.7 Å². The zero-order valence-electron chi connectivity index (χ0n) is 13.5. The highest BCUT2D eigenvalue weighted by atomic mass is 16.5. The lowest BCUT2D eigenvalue weighted by Crippen LogP contribution is -2.30. The lowest BCUT2D eigenvalue weighted by molar-refractivity contribution is -0.138. The molecule has 4 heteroatoms.